The fraction of sp³-hybridized carbons (Fsp3) is 0.500. The summed E-state index contributed by atoms with van der Waals surface area (Å²) in [5.74, 6) is 4.12. The van der Waals surface area contributed by atoms with Crippen molar-refractivity contribution in [2.75, 3.05) is 0 Å². The number of hydrogen-bond donors (Lipinski definition) is 0. The third-order valence-electron chi connectivity index (χ3n) is 4.98. The van der Waals surface area contributed by atoms with Gasteiger partial charge in [0.2, 0.25) is 5.78 Å². The average Bonchev–Trinajstić information content (AvgIpc) is 3.19. The summed E-state index contributed by atoms with van der Waals surface area (Å²) in [4.78, 5) is 38.4. The Morgan fingerprint density at radius 1 is 1.15 bits per heavy atom. The number of hydrogen-bond acceptors (Lipinski definition) is 4. The molecule has 1 fully saturated rings. The fourth-order valence-electron chi connectivity index (χ4n) is 3.63. The molecule has 0 heterocycles. The molecule has 1 aromatic carbocycles. The molecular formula is C22H24O4. The second-order valence-electron chi connectivity index (χ2n) is 8.17. The highest BCUT2D eigenvalue weighted by Gasteiger charge is 2.52. The zero-order valence-electron chi connectivity index (χ0n) is 15.6. The molecule has 4 heteroatoms. The van der Waals surface area contributed by atoms with Crippen LogP contribution in [0.15, 0.2) is 24.3 Å². The van der Waals surface area contributed by atoms with E-state index >= 15 is 0 Å². The van der Waals surface area contributed by atoms with Crippen LogP contribution in [0.1, 0.15) is 62.4 Å². The molecule has 0 spiro atoms. The van der Waals surface area contributed by atoms with Gasteiger partial charge in [0, 0.05) is 17.9 Å². The Hall–Kier alpha value is -2.41. The molecule has 3 rings (SSSR count). The first-order chi connectivity index (χ1) is 12.2. The second-order valence-corrected chi connectivity index (χ2v) is 8.17. The maximum atomic E-state index is 13.1. The lowest BCUT2D eigenvalue weighted by Gasteiger charge is -2.26. The largest absolute Gasteiger partial charge is 0.458 e. The SMILES string of the molecule is CC(C)(C)OC(=O)[C@]1(C#CC(=O)C2CCCC2)Cc2ccccc2C1=O. The maximum absolute atomic E-state index is 13.1. The molecule has 0 amide bonds. The molecule has 26 heavy (non-hydrogen) atoms. The number of benzene rings is 1. The van der Waals surface area contributed by atoms with E-state index in [-0.39, 0.29) is 23.9 Å². The number of ether oxygens (including phenoxy) is 1. The van der Waals surface area contributed by atoms with Gasteiger partial charge in [0.15, 0.2) is 11.2 Å². The number of rotatable bonds is 2. The highest BCUT2D eigenvalue weighted by molar-refractivity contribution is 6.19. The van der Waals surface area contributed by atoms with Gasteiger partial charge in [0.25, 0.3) is 0 Å². The number of carbonyl (C=O) groups is 3. The summed E-state index contributed by atoms with van der Waals surface area (Å²) in [6, 6.07) is 7.11. The van der Waals surface area contributed by atoms with Crippen molar-refractivity contribution in [2.24, 2.45) is 11.3 Å². The zero-order valence-corrected chi connectivity index (χ0v) is 15.6. The molecule has 0 bridgehead atoms. The molecule has 1 aromatic rings. The molecule has 4 nitrogen and oxygen atoms in total. The van der Waals surface area contributed by atoms with Crippen molar-refractivity contribution in [2.45, 2.75) is 58.5 Å². The summed E-state index contributed by atoms with van der Waals surface area (Å²) in [6.45, 7) is 5.26. The lowest BCUT2D eigenvalue weighted by Crippen LogP contribution is -2.41. The molecule has 2 aliphatic rings. The van der Waals surface area contributed by atoms with Crippen molar-refractivity contribution in [3.05, 3.63) is 35.4 Å². The summed E-state index contributed by atoms with van der Waals surface area (Å²) in [7, 11) is 0. The quantitative estimate of drug-likeness (QED) is 0.354. The monoisotopic (exact) mass is 352 g/mol. The third kappa shape index (κ3) is 3.44. The standard InChI is InChI=1S/C22H24O4/c1-21(2,3)26-20(25)22(13-12-18(23)15-8-4-5-9-15)14-16-10-6-7-11-17(16)19(22)24/h6-7,10-11,15H,4-5,8-9,14H2,1-3H3/t22-/m1/s1. The maximum Gasteiger partial charge on any atom is 0.333 e. The number of carbonyl (C=O) groups excluding carboxylic acids is 3. The Morgan fingerprint density at radius 3 is 2.42 bits per heavy atom. The van der Waals surface area contributed by atoms with E-state index in [9.17, 15) is 14.4 Å². The first-order valence-corrected chi connectivity index (χ1v) is 9.16. The number of ketones is 2. The molecule has 2 aliphatic carbocycles. The van der Waals surface area contributed by atoms with Crippen LogP contribution in [0, 0.1) is 23.2 Å². The number of fused-ring (bicyclic) bond motifs is 1. The zero-order chi connectivity index (χ0) is 18.9. The van der Waals surface area contributed by atoms with E-state index < -0.39 is 17.0 Å². The number of Topliss-reactive ketones (excluding diaryl/α,β-unsaturated/α-hetero) is 2. The van der Waals surface area contributed by atoms with Crippen molar-refractivity contribution < 1.29 is 19.1 Å². The topological polar surface area (TPSA) is 60.4 Å². The summed E-state index contributed by atoms with van der Waals surface area (Å²) < 4.78 is 5.51. The highest BCUT2D eigenvalue weighted by atomic mass is 16.6. The predicted molar refractivity (Wildman–Crippen MR) is 97.5 cm³/mol. The van der Waals surface area contributed by atoms with E-state index in [1.54, 1.807) is 32.9 Å². The Bertz CT molecular complexity index is 813. The van der Waals surface area contributed by atoms with Crippen molar-refractivity contribution in [3.63, 3.8) is 0 Å². The molecule has 0 aromatic heterocycles. The third-order valence-corrected chi connectivity index (χ3v) is 4.98. The van der Waals surface area contributed by atoms with Gasteiger partial charge < -0.3 is 4.74 Å². The molecule has 0 saturated heterocycles. The van der Waals surface area contributed by atoms with Gasteiger partial charge >= 0.3 is 5.97 Å². The lowest BCUT2D eigenvalue weighted by molar-refractivity contribution is -0.161. The van der Waals surface area contributed by atoms with Crippen LogP contribution in [0.25, 0.3) is 0 Å². The second kappa shape index (κ2) is 6.72. The molecule has 1 saturated carbocycles. The molecular weight excluding hydrogens is 328 g/mol. The fourth-order valence-corrected chi connectivity index (χ4v) is 3.63. The van der Waals surface area contributed by atoms with E-state index in [1.165, 1.54) is 0 Å². The van der Waals surface area contributed by atoms with Gasteiger partial charge in [0.05, 0.1) is 0 Å². The molecule has 0 N–H and O–H groups in total. The van der Waals surface area contributed by atoms with Crippen LogP contribution in [0.5, 0.6) is 0 Å². The Kier molecular flexibility index (Phi) is 4.75. The van der Waals surface area contributed by atoms with Gasteiger partial charge in [-0.15, -0.1) is 0 Å². The van der Waals surface area contributed by atoms with Crippen LogP contribution in [0.2, 0.25) is 0 Å². The van der Waals surface area contributed by atoms with Crippen LogP contribution >= 0.6 is 0 Å². The van der Waals surface area contributed by atoms with Gasteiger partial charge in [-0.1, -0.05) is 43.0 Å². The smallest absolute Gasteiger partial charge is 0.333 e. The van der Waals surface area contributed by atoms with Crippen molar-refractivity contribution >= 4 is 17.5 Å². The van der Waals surface area contributed by atoms with Gasteiger partial charge in [-0.2, -0.15) is 0 Å². The summed E-state index contributed by atoms with van der Waals surface area (Å²) in [5, 5.41) is 0. The van der Waals surface area contributed by atoms with Crippen LogP contribution < -0.4 is 0 Å². The van der Waals surface area contributed by atoms with Crippen LogP contribution in [0.4, 0.5) is 0 Å². The van der Waals surface area contributed by atoms with E-state index in [1.807, 2.05) is 12.1 Å². The Balaban J connectivity index is 1.98. The molecule has 136 valence electrons. The lowest BCUT2D eigenvalue weighted by atomic mass is 9.83. The van der Waals surface area contributed by atoms with Gasteiger partial charge in [0.1, 0.15) is 5.60 Å². The summed E-state index contributed by atoms with van der Waals surface area (Å²) in [6.07, 6.45) is 3.88. The average molecular weight is 352 g/mol. The minimum atomic E-state index is -1.62. The highest BCUT2D eigenvalue weighted by Crippen LogP contribution is 2.38. The van der Waals surface area contributed by atoms with E-state index in [2.05, 4.69) is 11.8 Å². The molecule has 0 unspecified atom stereocenters. The van der Waals surface area contributed by atoms with Crippen LogP contribution in [-0.2, 0) is 20.7 Å². The summed E-state index contributed by atoms with van der Waals surface area (Å²) in [5.41, 5.74) is -1.10. The Morgan fingerprint density at radius 2 is 1.81 bits per heavy atom. The summed E-state index contributed by atoms with van der Waals surface area (Å²) >= 11 is 0. The van der Waals surface area contributed by atoms with Crippen molar-refractivity contribution in [3.8, 4) is 11.8 Å². The molecule has 1 atom stereocenters. The van der Waals surface area contributed by atoms with Crippen LogP contribution in [0.3, 0.4) is 0 Å². The normalized spacial score (nSPS) is 22.5. The van der Waals surface area contributed by atoms with Crippen molar-refractivity contribution in [1.82, 2.24) is 0 Å². The first-order valence-electron chi connectivity index (χ1n) is 9.16. The van der Waals surface area contributed by atoms with Gasteiger partial charge in [-0.25, -0.2) is 4.79 Å². The van der Waals surface area contributed by atoms with E-state index in [0.717, 1.165) is 31.2 Å². The number of esters is 1. The molecule has 0 radical (unpaired) electrons. The van der Waals surface area contributed by atoms with Gasteiger partial charge in [-0.05, 0) is 45.1 Å². The minimum absolute atomic E-state index is 0.0722. The Labute approximate surface area is 154 Å². The first kappa shape index (κ1) is 18.4. The minimum Gasteiger partial charge on any atom is -0.458 e. The predicted octanol–water partition coefficient (Wildman–Crippen LogP) is 3.52. The molecule has 0 aliphatic heterocycles. The van der Waals surface area contributed by atoms with Crippen molar-refractivity contribution in [1.29, 1.82) is 0 Å². The van der Waals surface area contributed by atoms with E-state index in [4.69, 9.17) is 4.74 Å². The van der Waals surface area contributed by atoms with E-state index in [0.29, 0.717) is 5.56 Å². The van der Waals surface area contributed by atoms with Gasteiger partial charge in [-0.3, -0.25) is 9.59 Å². The van der Waals surface area contributed by atoms with Crippen LogP contribution in [-0.4, -0.2) is 23.1 Å².